The summed E-state index contributed by atoms with van der Waals surface area (Å²) in [5.41, 5.74) is 0.812. The molecule has 1 unspecified atom stereocenters. The Morgan fingerprint density at radius 1 is 1.31 bits per heavy atom. The first kappa shape index (κ1) is 10.4. The summed E-state index contributed by atoms with van der Waals surface area (Å²) in [5, 5.41) is 27.7. The van der Waals surface area contributed by atoms with E-state index in [1.165, 1.54) is 12.2 Å². The van der Waals surface area contributed by atoms with Gasteiger partial charge in [-0.15, -0.1) is 0 Å². The van der Waals surface area contributed by atoms with Crippen LogP contribution in [0.1, 0.15) is 20.8 Å². The third-order valence-corrected chi connectivity index (χ3v) is 2.15. The highest BCUT2D eigenvalue weighted by Crippen LogP contribution is 2.31. The van der Waals surface area contributed by atoms with Crippen molar-refractivity contribution in [3.63, 3.8) is 0 Å². The molecular weight excluding hydrogens is 168 g/mol. The molecule has 0 aromatic rings. The van der Waals surface area contributed by atoms with Gasteiger partial charge in [-0.3, -0.25) is 0 Å². The maximum Gasteiger partial charge on any atom is 0.213 e. The summed E-state index contributed by atoms with van der Waals surface area (Å²) in [7, 11) is 0. The van der Waals surface area contributed by atoms with Gasteiger partial charge < -0.3 is 15.3 Å². The van der Waals surface area contributed by atoms with Gasteiger partial charge in [-0.05, 0) is 23.1 Å². The third kappa shape index (κ3) is 2.18. The minimum absolute atomic E-state index is 0.0893. The molecule has 3 nitrogen and oxygen atoms in total. The molecule has 0 aliphatic heterocycles. The minimum Gasteiger partial charge on any atom is -0.383 e. The van der Waals surface area contributed by atoms with Crippen molar-refractivity contribution in [1.29, 1.82) is 0 Å². The molecule has 1 aliphatic carbocycles. The van der Waals surface area contributed by atoms with Crippen molar-refractivity contribution >= 4 is 0 Å². The second kappa shape index (κ2) is 2.94. The van der Waals surface area contributed by atoms with Crippen molar-refractivity contribution < 1.29 is 15.3 Å². The van der Waals surface area contributed by atoms with Crippen molar-refractivity contribution in [2.24, 2.45) is 5.41 Å². The highest BCUT2D eigenvalue weighted by atomic mass is 16.5. The fourth-order valence-corrected chi connectivity index (χ4v) is 1.16. The van der Waals surface area contributed by atoms with E-state index in [0.29, 0.717) is 0 Å². The number of hydrogen-bond acceptors (Lipinski definition) is 3. The minimum atomic E-state index is -2.12. The lowest BCUT2D eigenvalue weighted by molar-refractivity contribution is -0.174. The summed E-state index contributed by atoms with van der Waals surface area (Å²) in [5.74, 6) is -2.12. The fourth-order valence-electron chi connectivity index (χ4n) is 1.16. The molecule has 0 aromatic carbocycles. The summed E-state index contributed by atoms with van der Waals surface area (Å²) in [6.07, 6.45) is 3.07. The Morgan fingerprint density at radius 3 is 2.23 bits per heavy atom. The van der Waals surface area contributed by atoms with Gasteiger partial charge >= 0.3 is 0 Å². The molecule has 0 aromatic heterocycles. The van der Waals surface area contributed by atoms with Crippen LogP contribution in [0.25, 0.3) is 0 Å². The van der Waals surface area contributed by atoms with Gasteiger partial charge in [0.15, 0.2) is 0 Å². The van der Waals surface area contributed by atoms with Gasteiger partial charge in [-0.2, -0.15) is 0 Å². The lowest BCUT2D eigenvalue weighted by Gasteiger charge is -2.30. The predicted octanol–water partition coefficient (Wildman–Crippen LogP) is 0.571. The standard InChI is InChI=1S/C10H16O3/c1-9(2,3)7-4-5-10(12,13)8(11)6-7/h4-6,8,11-13H,1-3H3. The van der Waals surface area contributed by atoms with Gasteiger partial charge in [0.1, 0.15) is 6.10 Å². The van der Waals surface area contributed by atoms with Gasteiger partial charge in [0, 0.05) is 0 Å². The number of aliphatic hydroxyl groups is 3. The molecule has 0 saturated heterocycles. The first-order valence-electron chi connectivity index (χ1n) is 4.28. The van der Waals surface area contributed by atoms with Crippen LogP contribution in [0.5, 0.6) is 0 Å². The highest BCUT2D eigenvalue weighted by Gasteiger charge is 2.33. The van der Waals surface area contributed by atoms with E-state index in [2.05, 4.69) is 0 Å². The largest absolute Gasteiger partial charge is 0.383 e. The van der Waals surface area contributed by atoms with Crippen molar-refractivity contribution in [3.8, 4) is 0 Å². The molecule has 0 saturated carbocycles. The molecule has 0 fully saturated rings. The Hall–Kier alpha value is -0.640. The second-order valence-electron chi connectivity index (χ2n) is 4.43. The predicted molar refractivity (Wildman–Crippen MR) is 49.9 cm³/mol. The van der Waals surface area contributed by atoms with Crippen LogP contribution in [0.4, 0.5) is 0 Å². The molecule has 74 valence electrons. The maximum absolute atomic E-state index is 9.34. The lowest BCUT2D eigenvalue weighted by Crippen LogP contribution is -2.41. The lowest BCUT2D eigenvalue weighted by atomic mass is 9.82. The summed E-state index contributed by atoms with van der Waals surface area (Å²) in [4.78, 5) is 0. The number of rotatable bonds is 0. The van der Waals surface area contributed by atoms with E-state index in [9.17, 15) is 15.3 Å². The van der Waals surface area contributed by atoms with Crippen LogP contribution < -0.4 is 0 Å². The van der Waals surface area contributed by atoms with Gasteiger partial charge in [0.2, 0.25) is 5.79 Å². The molecule has 3 N–H and O–H groups in total. The fraction of sp³-hybridized carbons (Fsp3) is 0.600. The van der Waals surface area contributed by atoms with Crippen LogP contribution >= 0.6 is 0 Å². The van der Waals surface area contributed by atoms with Gasteiger partial charge in [0.05, 0.1) is 0 Å². The summed E-state index contributed by atoms with van der Waals surface area (Å²) in [6.45, 7) is 5.99. The summed E-state index contributed by atoms with van der Waals surface area (Å²) < 4.78 is 0. The first-order valence-corrected chi connectivity index (χ1v) is 4.28. The van der Waals surface area contributed by atoms with Crippen molar-refractivity contribution in [2.75, 3.05) is 0 Å². The Bertz CT molecular complexity index is 256. The Labute approximate surface area is 78.0 Å². The van der Waals surface area contributed by atoms with E-state index in [1.807, 2.05) is 20.8 Å². The molecule has 1 atom stereocenters. The van der Waals surface area contributed by atoms with Crippen molar-refractivity contribution in [1.82, 2.24) is 0 Å². The molecule has 0 radical (unpaired) electrons. The second-order valence-corrected chi connectivity index (χ2v) is 4.43. The SMILES string of the molecule is CC(C)(C)C1=CC(O)C(O)(O)C=C1. The summed E-state index contributed by atoms with van der Waals surface area (Å²) in [6, 6.07) is 0. The molecule has 0 heterocycles. The van der Waals surface area contributed by atoms with Crippen LogP contribution in [0, 0.1) is 5.41 Å². The van der Waals surface area contributed by atoms with Crippen LogP contribution in [0.3, 0.4) is 0 Å². The number of aliphatic hydroxyl groups excluding tert-OH is 1. The number of allylic oxidation sites excluding steroid dienone is 2. The topological polar surface area (TPSA) is 60.7 Å². The van der Waals surface area contributed by atoms with Gasteiger partial charge in [0.25, 0.3) is 0 Å². The van der Waals surface area contributed by atoms with E-state index in [1.54, 1.807) is 6.08 Å². The molecule has 3 heteroatoms. The van der Waals surface area contributed by atoms with Gasteiger partial charge in [-0.25, -0.2) is 0 Å². The first-order chi connectivity index (χ1) is 5.73. The Morgan fingerprint density at radius 2 is 1.85 bits per heavy atom. The van der Waals surface area contributed by atoms with Crippen LogP contribution in [0.2, 0.25) is 0 Å². The zero-order valence-corrected chi connectivity index (χ0v) is 8.15. The van der Waals surface area contributed by atoms with Crippen molar-refractivity contribution in [3.05, 3.63) is 23.8 Å². The summed E-state index contributed by atoms with van der Waals surface area (Å²) >= 11 is 0. The maximum atomic E-state index is 9.34. The van der Waals surface area contributed by atoms with Crippen LogP contribution in [-0.4, -0.2) is 27.2 Å². The molecule has 0 spiro atoms. The molecule has 0 amide bonds. The normalized spacial score (nSPS) is 27.2. The molecular formula is C10H16O3. The molecule has 1 rings (SSSR count). The van der Waals surface area contributed by atoms with E-state index in [4.69, 9.17) is 0 Å². The average Bonchev–Trinajstić information content (AvgIpc) is 1.92. The van der Waals surface area contributed by atoms with Crippen molar-refractivity contribution in [2.45, 2.75) is 32.7 Å². The average molecular weight is 184 g/mol. The monoisotopic (exact) mass is 184 g/mol. The molecule has 13 heavy (non-hydrogen) atoms. The van der Waals surface area contributed by atoms with E-state index < -0.39 is 11.9 Å². The Kier molecular flexibility index (Phi) is 2.36. The zero-order valence-electron chi connectivity index (χ0n) is 8.15. The Balaban J connectivity index is 2.93. The van der Waals surface area contributed by atoms with Gasteiger partial charge in [-0.1, -0.05) is 26.8 Å². The quantitative estimate of drug-likeness (QED) is 0.482. The zero-order chi connectivity index (χ0) is 10.3. The van der Waals surface area contributed by atoms with E-state index >= 15 is 0 Å². The van der Waals surface area contributed by atoms with E-state index in [0.717, 1.165) is 5.57 Å². The van der Waals surface area contributed by atoms with Crippen LogP contribution in [0.15, 0.2) is 23.8 Å². The third-order valence-electron chi connectivity index (χ3n) is 2.15. The van der Waals surface area contributed by atoms with Crippen LogP contribution in [-0.2, 0) is 0 Å². The highest BCUT2D eigenvalue weighted by molar-refractivity contribution is 5.32. The smallest absolute Gasteiger partial charge is 0.213 e. The molecule has 1 aliphatic rings. The molecule has 0 bridgehead atoms. The number of hydrogen-bond donors (Lipinski definition) is 3. The van der Waals surface area contributed by atoms with E-state index in [-0.39, 0.29) is 5.41 Å².